The minimum atomic E-state index is -1.24. The zero-order valence-electron chi connectivity index (χ0n) is 10.2. The maximum Gasteiger partial charge on any atom is 0.295 e. The van der Waals surface area contributed by atoms with Gasteiger partial charge in [-0.2, -0.15) is 0 Å². The molecule has 0 atom stereocenters. The molecule has 8 heteroatoms. The maximum atomic E-state index is 13.7. The van der Waals surface area contributed by atoms with Crippen LogP contribution in [0.3, 0.4) is 0 Å². The molecule has 0 aliphatic rings. The molecule has 2 rings (SSSR count). The van der Waals surface area contributed by atoms with E-state index >= 15 is 0 Å². The van der Waals surface area contributed by atoms with Crippen molar-refractivity contribution >= 4 is 38.6 Å². The van der Waals surface area contributed by atoms with E-state index in [4.69, 9.17) is 0 Å². The van der Waals surface area contributed by atoms with Crippen LogP contribution in [0, 0.1) is 28.7 Å². The molecule has 0 bridgehead atoms. The Bertz CT molecular complexity index is 656. The molecule has 0 spiro atoms. The zero-order chi connectivity index (χ0) is 14.9. The lowest BCUT2D eigenvalue weighted by atomic mass is 10.2. The van der Waals surface area contributed by atoms with E-state index in [0.717, 1.165) is 26.4 Å². The predicted molar refractivity (Wildman–Crippen MR) is 77.1 cm³/mol. The summed E-state index contributed by atoms with van der Waals surface area (Å²) in [5, 5.41) is 13.4. The standard InChI is InChI=1S/C12H9BrF2N2O2S/c1-6-8(13)4-7(20-6)5-16-12-10(17(18)19)3-2-9(14)11(12)15/h2-4,16H,5H2,1H3. The minimum absolute atomic E-state index is 0.179. The van der Waals surface area contributed by atoms with Crippen LogP contribution in [0.4, 0.5) is 20.2 Å². The van der Waals surface area contributed by atoms with Crippen molar-refractivity contribution < 1.29 is 13.7 Å². The van der Waals surface area contributed by atoms with Gasteiger partial charge in [-0.05, 0) is 35.0 Å². The number of nitrogens with one attached hydrogen (secondary N) is 1. The zero-order valence-corrected chi connectivity index (χ0v) is 12.6. The number of nitro groups is 1. The van der Waals surface area contributed by atoms with E-state index in [-0.39, 0.29) is 6.54 Å². The normalized spacial score (nSPS) is 10.6. The summed E-state index contributed by atoms with van der Waals surface area (Å²) < 4.78 is 27.7. The Morgan fingerprint density at radius 2 is 2.15 bits per heavy atom. The van der Waals surface area contributed by atoms with Gasteiger partial charge in [0, 0.05) is 26.8 Å². The maximum absolute atomic E-state index is 13.7. The Morgan fingerprint density at radius 1 is 1.45 bits per heavy atom. The van der Waals surface area contributed by atoms with Gasteiger partial charge in [-0.1, -0.05) is 0 Å². The first-order chi connectivity index (χ1) is 9.40. The van der Waals surface area contributed by atoms with Gasteiger partial charge in [0.05, 0.1) is 4.92 Å². The molecule has 0 aliphatic carbocycles. The number of anilines is 1. The summed E-state index contributed by atoms with van der Waals surface area (Å²) in [6, 6.07) is 3.51. The molecule has 4 nitrogen and oxygen atoms in total. The molecule has 1 heterocycles. The number of hydrogen-bond donors (Lipinski definition) is 1. The van der Waals surface area contributed by atoms with Crippen LogP contribution in [-0.2, 0) is 6.54 Å². The lowest BCUT2D eigenvalue weighted by Crippen LogP contribution is -2.05. The average Bonchev–Trinajstić information content (AvgIpc) is 2.70. The molecule has 106 valence electrons. The van der Waals surface area contributed by atoms with Gasteiger partial charge in [0.15, 0.2) is 17.3 Å². The van der Waals surface area contributed by atoms with Crippen LogP contribution in [0.2, 0.25) is 0 Å². The first kappa shape index (κ1) is 14.9. The minimum Gasteiger partial charge on any atom is -0.372 e. The van der Waals surface area contributed by atoms with Crippen molar-refractivity contribution in [2.75, 3.05) is 5.32 Å². The molecule has 0 amide bonds. The number of nitro benzene ring substituents is 1. The van der Waals surface area contributed by atoms with Crippen molar-refractivity contribution in [1.82, 2.24) is 0 Å². The topological polar surface area (TPSA) is 55.2 Å². The highest BCUT2D eigenvalue weighted by molar-refractivity contribution is 9.10. The number of thiophene rings is 1. The second kappa shape index (κ2) is 5.84. The number of aryl methyl sites for hydroxylation is 1. The Morgan fingerprint density at radius 3 is 2.70 bits per heavy atom. The molecule has 0 radical (unpaired) electrons. The van der Waals surface area contributed by atoms with Gasteiger partial charge in [-0.25, -0.2) is 8.78 Å². The van der Waals surface area contributed by atoms with Crippen molar-refractivity contribution in [1.29, 1.82) is 0 Å². The molecule has 0 fully saturated rings. The fraction of sp³-hybridized carbons (Fsp3) is 0.167. The van der Waals surface area contributed by atoms with Crippen molar-refractivity contribution in [3.8, 4) is 0 Å². The molecule has 1 aromatic heterocycles. The summed E-state index contributed by atoms with van der Waals surface area (Å²) in [7, 11) is 0. The van der Waals surface area contributed by atoms with Crippen molar-refractivity contribution in [2.24, 2.45) is 0 Å². The fourth-order valence-electron chi connectivity index (χ4n) is 1.64. The highest BCUT2D eigenvalue weighted by Crippen LogP contribution is 2.31. The summed E-state index contributed by atoms with van der Waals surface area (Å²) in [6.07, 6.45) is 0. The van der Waals surface area contributed by atoms with Gasteiger partial charge in [-0.15, -0.1) is 11.3 Å². The van der Waals surface area contributed by atoms with E-state index in [9.17, 15) is 18.9 Å². The first-order valence-corrected chi connectivity index (χ1v) is 7.12. The van der Waals surface area contributed by atoms with Crippen LogP contribution in [0.15, 0.2) is 22.7 Å². The number of rotatable bonds is 4. The monoisotopic (exact) mass is 362 g/mol. The summed E-state index contributed by atoms with van der Waals surface area (Å²) in [6.45, 7) is 2.09. The van der Waals surface area contributed by atoms with Gasteiger partial charge in [0.2, 0.25) is 0 Å². The van der Waals surface area contributed by atoms with E-state index in [2.05, 4.69) is 21.2 Å². The molecule has 0 saturated heterocycles. The van der Waals surface area contributed by atoms with E-state index in [0.29, 0.717) is 0 Å². The van der Waals surface area contributed by atoms with E-state index in [1.807, 2.05) is 13.0 Å². The Kier molecular flexibility index (Phi) is 4.34. The number of nitrogens with zero attached hydrogens (tertiary/aromatic N) is 1. The highest BCUT2D eigenvalue weighted by atomic mass is 79.9. The summed E-state index contributed by atoms with van der Waals surface area (Å²) in [4.78, 5) is 12.0. The molecular formula is C12H9BrF2N2O2S. The number of benzene rings is 1. The van der Waals surface area contributed by atoms with E-state index in [1.54, 1.807) is 0 Å². The Balaban J connectivity index is 2.28. The van der Waals surface area contributed by atoms with E-state index in [1.165, 1.54) is 11.3 Å². The Hall–Kier alpha value is -1.54. The van der Waals surface area contributed by atoms with Crippen LogP contribution in [0.1, 0.15) is 9.75 Å². The highest BCUT2D eigenvalue weighted by Gasteiger charge is 2.21. The van der Waals surface area contributed by atoms with Crippen LogP contribution in [-0.4, -0.2) is 4.92 Å². The lowest BCUT2D eigenvalue weighted by molar-refractivity contribution is -0.384. The first-order valence-electron chi connectivity index (χ1n) is 5.51. The quantitative estimate of drug-likeness (QED) is 0.637. The van der Waals surface area contributed by atoms with Gasteiger partial charge < -0.3 is 5.32 Å². The van der Waals surface area contributed by atoms with Crippen LogP contribution in [0.5, 0.6) is 0 Å². The second-order valence-electron chi connectivity index (χ2n) is 3.98. The average molecular weight is 363 g/mol. The lowest BCUT2D eigenvalue weighted by Gasteiger charge is -2.07. The summed E-state index contributed by atoms with van der Waals surface area (Å²) in [5.74, 6) is -2.37. The van der Waals surface area contributed by atoms with Crippen LogP contribution < -0.4 is 5.32 Å². The summed E-state index contributed by atoms with van der Waals surface area (Å²) in [5.41, 5.74) is -0.923. The van der Waals surface area contributed by atoms with Gasteiger partial charge in [0.1, 0.15) is 0 Å². The fourth-order valence-corrected chi connectivity index (χ4v) is 3.18. The van der Waals surface area contributed by atoms with Crippen molar-refractivity contribution in [3.63, 3.8) is 0 Å². The second-order valence-corrected chi connectivity index (χ2v) is 6.18. The predicted octanol–water partition coefficient (Wildman–Crippen LogP) is 4.62. The van der Waals surface area contributed by atoms with Crippen LogP contribution >= 0.6 is 27.3 Å². The number of halogens is 3. The molecule has 0 saturated carbocycles. The van der Waals surface area contributed by atoms with E-state index < -0.39 is 27.9 Å². The SMILES string of the molecule is Cc1sc(CNc2c([N+](=O)[O-])ccc(F)c2F)cc1Br. The molecule has 0 unspecified atom stereocenters. The number of hydrogen-bond acceptors (Lipinski definition) is 4. The van der Waals surface area contributed by atoms with Crippen molar-refractivity contribution in [2.45, 2.75) is 13.5 Å². The molecule has 1 aromatic carbocycles. The third-order valence-electron chi connectivity index (χ3n) is 2.62. The van der Waals surface area contributed by atoms with Gasteiger partial charge in [0.25, 0.3) is 5.69 Å². The van der Waals surface area contributed by atoms with Gasteiger partial charge >= 0.3 is 0 Å². The molecule has 2 aromatic rings. The van der Waals surface area contributed by atoms with Crippen LogP contribution in [0.25, 0.3) is 0 Å². The molecular weight excluding hydrogens is 354 g/mol. The third kappa shape index (κ3) is 2.96. The van der Waals surface area contributed by atoms with Gasteiger partial charge in [-0.3, -0.25) is 10.1 Å². The summed E-state index contributed by atoms with van der Waals surface area (Å²) >= 11 is 4.81. The molecule has 0 aliphatic heterocycles. The van der Waals surface area contributed by atoms with Crippen molar-refractivity contribution in [3.05, 3.63) is 54.2 Å². The smallest absolute Gasteiger partial charge is 0.295 e. The largest absolute Gasteiger partial charge is 0.372 e. The molecule has 20 heavy (non-hydrogen) atoms. The third-order valence-corrected chi connectivity index (χ3v) is 4.75. The Labute approximate surface area is 125 Å². The molecule has 1 N–H and O–H groups in total.